The highest BCUT2D eigenvalue weighted by Gasteiger charge is 2.16. The fourth-order valence-electron chi connectivity index (χ4n) is 2.14. The molecule has 0 bridgehead atoms. The molecule has 3 heterocycles. The molecule has 0 radical (unpaired) electrons. The fraction of sp³-hybridized carbons (Fsp3) is 0.200. The van der Waals surface area contributed by atoms with Gasteiger partial charge in [-0.1, -0.05) is 11.6 Å². The summed E-state index contributed by atoms with van der Waals surface area (Å²) < 4.78 is 26.6. The van der Waals surface area contributed by atoms with Gasteiger partial charge in [-0.25, -0.2) is 8.91 Å². The van der Waals surface area contributed by atoms with Gasteiger partial charge in [0.05, 0.1) is 23.1 Å². The number of ether oxygens (including phenoxy) is 2. The lowest BCUT2D eigenvalue weighted by Gasteiger charge is -2.16. The van der Waals surface area contributed by atoms with Crippen molar-refractivity contribution < 1.29 is 13.9 Å². The van der Waals surface area contributed by atoms with Crippen molar-refractivity contribution in [3.63, 3.8) is 0 Å². The van der Waals surface area contributed by atoms with Crippen molar-refractivity contribution in [2.24, 2.45) is 0 Å². The standard InChI is InChI=1S/C15H12BrClFN3O2/c1-22-14(12-3-2-10(18)5-19-12)8-23-13-4-9(16)7-21-15(13)11(17)6-20-21/h2-7,14H,8H2,1H3. The third-order valence-electron chi connectivity index (χ3n) is 3.25. The van der Waals surface area contributed by atoms with Gasteiger partial charge in [-0.05, 0) is 34.1 Å². The largest absolute Gasteiger partial charge is 0.488 e. The van der Waals surface area contributed by atoms with E-state index in [1.54, 1.807) is 36.2 Å². The maximum absolute atomic E-state index is 13.0. The van der Waals surface area contributed by atoms with E-state index in [0.717, 1.165) is 10.7 Å². The van der Waals surface area contributed by atoms with Gasteiger partial charge < -0.3 is 9.47 Å². The molecule has 3 rings (SSSR count). The second-order valence-electron chi connectivity index (χ2n) is 4.74. The minimum absolute atomic E-state index is 0.197. The molecule has 0 saturated heterocycles. The van der Waals surface area contributed by atoms with Crippen LogP contribution in [-0.2, 0) is 4.74 Å². The number of halogens is 3. The van der Waals surface area contributed by atoms with Gasteiger partial charge in [0.1, 0.15) is 29.8 Å². The molecule has 0 aliphatic rings. The van der Waals surface area contributed by atoms with Crippen molar-refractivity contribution in [1.82, 2.24) is 14.6 Å². The van der Waals surface area contributed by atoms with Gasteiger partial charge in [0.15, 0.2) is 0 Å². The minimum atomic E-state index is -0.434. The fourth-order valence-corrected chi connectivity index (χ4v) is 2.77. The van der Waals surface area contributed by atoms with Crippen molar-refractivity contribution in [1.29, 1.82) is 0 Å². The van der Waals surface area contributed by atoms with Crippen molar-refractivity contribution in [3.05, 3.63) is 57.8 Å². The molecular weight excluding hydrogens is 389 g/mol. The lowest BCUT2D eigenvalue weighted by atomic mass is 10.2. The van der Waals surface area contributed by atoms with E-state index in [9.17, 15) is 4.39 Å². The number of pyridine rings is 2. The second kappa shape index (κ2) is 6.82. The molecule has 0 aliphatic heterocycles. The molecule has 8 heteroatoms. The Kier molecular flexibility index (Phi) is 4.79. The average molecular weight is 401 g/mol. The van der Waals surface area contributed by atoms with Crippen molar-refractivity contribution in [2.45, 2.75) is 6.10 Å². The summed E-state index contributed by atoms with van der Waals surface area (Å²) in [5.41, 5.74) is 1.25. The molecule has 1 atom stereocenters. The molecule has 3 aromatic rings. The Balaban J connectivity index is 1.84. The quantitative estimate of drug-likeness (QED) is 0.648. The van der Waals surface area contributed by atoms with E-state index in [-0.39, 0.29) is 6.61 Å². The molecule has 3 aromatic heterocycles. The van der Waals surface area contributed by atoms with Gasteiger partial charge in [0.25, 0.3) is 0 Å². The maximum Gasteiger partial charge on any atom is 0.147 e. The molecule has 23 heavy (non-hydrogen) atoms. The highest BCUT2D eigenvalue weighted by Crippen LogP contribution is 2.31. The van der Waals surface area contributed by atoms with Crippen LogP contribution in [0.4, 0.5) is 4.39 Å². The number of fused-ring (bicyclic) bond motifs is 1. The molecule has 120 valence electrons. The summed E-state index contributed by atoms with van der Waals surface area (Å²) in [5.74, 6) is 0.162. The Hall–Kier alpha value is -1.70. The van der Waals surface area contributed by atoms with Crippen LogP contribution in [0, 0.1) is 5.82 Å². The smallest absolute Gasteiger partial charge is 0.147 e. The Morgan fingerprint density at radius 2 is 2.22 bits per heavy atom. The Bertz CT molecular complexity index is 825. The molecule has 1 unspecified atom stereocenters. The van der Waals surface area contributed by atoms with E-state index in [4.69, 9.17) is 21.1 Å². The molecule has 0 aromatic carbocycles. The van der Waals surface area contributed by atoms with Crippen LogP contribution in [0.3, 0.4) is 0 Å². The molecule has 0 amide bonds. The summed E-state index contributed by atoms with van der Waals surface area (Å²) in [6.45, 7) is 0.197. The van der Waals surface area contributed by atoms with E-state index in [1.165, 1.54) is 6.07 Å². The molecule has 0 spiro atoms. The van der Waals surface area contributed by atoms with Crippen molar-refractivity contribution >= 4 is 33.0 Å². The number of nitrogens with zero attached hydrogens (tertiary/aromatic N) is 3. The monoisotopic (exact) mass is 399 g/mol. The maximum atomic E-state index is 13.0. The topological polar surface area (TPSA) is 48.7 Å². The Morgan fingerprint density at radius 3 is 2.91 bits per heavy atom. The zero-order valence-corrected chi connectivity index (χ0v) is 14.4. The van der Waals surface area contributed by atoms with Crippen molar-refractivity contribution in [2.75, 3.05) is 13.7 Å². The first kappa shape index (κ1) is 16.2. The summed E-state index contributed by atoms with van der Waals surface area (Å²) in [5, 5.41) is 4.63. The van der Waals surface area contributed by atoms with E-state index in [0.29, 0.717) is 22.0 Å². The first-order valence-electron chi connectivity index (χ1n) is 6.68. The van der Waals surface area contributed by atoms with Crippen molar-refractivity contribution in [3.8, 4) is 5.75 Å². The zero-order chi connectivity index (χ0) is 16.4. The summed E-state index contributed by atoms with van der Waals surface area (Å²) in [6.07, 6.45) is 4.04. The third kappa shape index (κ3) is 3.46. The molecule has 0 aliphatic carbocycles. The van der Waals surface area contributed by atoms with Gasteiger partial charge in [-0.15, -0.1) is 0 Å². The van der Waals surface area contributed by atoms with Crippen LogP contribution in [0.15, 0.2) is 41.3 Å². The van der Waals surface area contributed by atoms with Crippen LogP contribution in [-0.4, -0.2) is 28.3 Å². The highest BCUT2D eigenvalue weighted by molar-refractivity contribution is 9.10. The van der Waals surface area contributed by atoms with Gasteiger partial charge in [0, 0.05) is 17.8 Å². The van der Waals surface area contributed by atoms with Crippen LogP contribution in [0.2, 0.25) is 5.02 Å². The van der Waals surface area contributed by atoms with Gasteiger partial charge in [0.2, 0.25) is 0 Å². The number of methoxy groups -OCH3 is 1. The van der Waals surface area contributed by atoms with Crippen LogP contribution in [0.5, 0.6) is 5.75 Å². The minimum Gasteiger partial charge on any atom is -0.488 e. The Morgan fingerprint density at radius 1 is 1.39 bits per heavy atom. The van der Waals surface area contributed by atoms with Crippen LogP contribution in [0.1, 0.15) is 11.8 Å². The van der Waals surface area contributed by atoms with E-state index in [2.05, 4.69) is 26.0 Å². The third-order valence-corrected chi connectivity index (χ3v) is 3.96. The summed E-state index contributed by atoms with van der Waals surface area (Å²) in [6, 6.07) is 4.70. The first-order chi connectivity index (χ1) is 11.1. The highest BCUT2D eigenvalue weighted by atomic mass is 79.9. The van der Waals surface area contributed by atoms with Gasteiger partial charge >= 0.3 is 0 Å². The normalized spacial score (nSPS) is 12.5. The molecule has 0 fully saturated rings. The predicted molar refractivity (Wildman–Crippen MR) is 87.3 cm³/mol. The summed E-state index contributed by atoms with van der Waals surface area (Å²) in [4.78, 5) is 4.02. The number of hydrogen-bond donors (Lipinski definition) is 0. The summed E-state index contributed by atoms with van der Waals surface area (Å²) >= 11 is 9.55. The van der Waals surface area contributed by atoms with E-state index in [1.807, 2.05) is 0 Å². The van der Waals surface area contributed by atoms with Gasteiger partial charge in [-0.2, -0.15) is 5.10 Å². The van der Waals surface area contributed by atoms with Crippen LogP contribution in [0.25, 0.3) is 5.52 Å². The van der Waals surface area contributed by atoms with Crippen LogP contribution >= 0.6 is 27.5 Å². The number of hydrogen-bond acceptors (Lipinski definition) is 4. The molecule has 0 saturated carbocycles. The van der Waals surface area contributed by atoms with E-state index >= 15 is 0 Å². The number of rotatable bonds is 5. The zero-order valence-electron chi connectivity index (χ0n) is 12.0. The lowest BCUT2D eigenvalue weighted by molar-refractivity contribution is 0.0548. The first-order valence-corrected chi connectivity index (χ1v) is 7.85. The molecule has 0 N–H and O–H groups in total. The molecule has 5 nitrogen and oxygen atoms in total. The summed E-state index contributed by atoms with van der Waals surface area (Å²) in [7, 11) is 1.54. The second-order valence-corrected chi connectivity index (χ2v) is 6.07. The SMILES string of the molecule is COC(COc1cc(Br)cn2ncc(Cl)c12)c1ccc(F)cn1. The average Bonchev–Trinajstić information content (AvgIpc) is 2.90. The molecular formula is C15H12BrClFN3O2. The van der Waals surface area contributed by atoms with Gasteiger partial charge in [-0.3, -0.25) is 4.98 Å². The lowest BCUT2D eigenvalue weighted by Crippen LogP contribution is -2.14. The Labute approximate surface area is 145 Å². The van der Waals surface area contributed by atoms with E-state index < -0.39 is 11.9 Å². The van der Waals surface area contributed by atoms with Crippen LogP contribution < -0.4 is 4.74 Å². The number of aromatic nitrogens is 3. The predicted octanol–water partition coefficient (Wildman–Crippen LogP) is 4.05.